The molecule has 1 saturated heterocycles. The maximum absolute atomic E-state index is 11.1. The molecule has 2 unspecified atom stereocenters. The predicted octanol–water partition coefficient (Wildman–Crippen LogP) is 1.91. The number of rotatable bonds is 4. The SMILES string of the molecule is C=C/C=C(\C(=C/C)[N+](=O)[O-])N1CC(C)CC(N)C1. The minimum absolute atomic E-state index is 0.0619. The molecule has 1 fully saturated rings. The first-order valence-corrected chi connectivity index (χ1v) is 6.13. The molecule has 0 radical (unpaired) electrons. The Kier molecular flexibility index (Phi) is 5.09. The zero-order valence-electron chi connectivity index (χ0n) is 11.0. The maximum atomic E-state index is 11.1. The van der Waals surface area contributed by atoms with Crippen LogP contribution in [-0.4, -0.2) is 29.0 Å². The van der Waals surface area contributed by atoms with Crippen molar-refractivity contribution in [2.45, 2.75) is 26.3 Å². The second-order valence-corrected chi connectivity index (χ2v) is 4.72. The summed E-state index contributed by atoms with van der Waals surface area (Å²) < 4.78 is 0. The van der Waals surface area contributed by atoms with Crippen molar-refractivity contribution in [1.29, 1.82) is 0 Å². The van der Waals surface area contributed by atoms with Crippen LogP contribution in [0.25, 0.3) is 0 Å². The van der Waals surface area contributed by atoms with Gasteiger partial charge in [0, 0.05) is 19.1 Å². The zero-order valence-corrected chi connectivity index (χ0v) is 11.0. The van der Waals surface area contributed by atoms with Crippen LogP contribution in [0.3, 0.4) is 0 Å². The number of hydrogen-bond acceptors (Lipinski definition) is 4. The van der Waals surface area contributed by atoms with E-state index in [9.17, 15) is 10.1 Å². The molecule has 1 aliphatic rings. The van der Waals surface area contributed by atoms with Gasteiger partial charge >= 0.3 is 0 Å². The van der Waals surface area contributed by atoms with Crippen molar-refractivity contribution < 1.29 is 4.92 Å². The number of piperidine rings is 1. The van der Waals surface area contributed by atoms with Gasteiger partial charge in [-0.25, -0.2) is 0 Å². The fourth-order valence-corrected chi connectivity index (χ4v) is 2.41. The third-order valence-electron chi connectivity index (χ3n) is 3.04. The molecule has 1 heterocycles. The van der Waals surface area contributed by atoms with Crippen LogP contribution in [-0.2, 0) is 0 Å². The number of nitrogens with zero attached hydrogens (tertiary/aromatic N) is 2. The highest BCUT2D eigenvalue weighted by atomic mass is 16.6. The topological polar surface area (TPSA) is 72.4 Å². The Bertz CT molecular complexity index is 378. The Morgan fingerprint density at radius 3 is 2.67 bits per heavy atom. The van der Waals surface area contributed by atoms with Crippen molar-refractivity contribution in [3.8, 4) is 0 Å². The average molecular weight is 251 g/mol. The molecular weight excluding hydrogens is 230 g/mol. The van der Waals surface area contributed by atoms with Crippen LogP contribution in [0.4, 0.5) is 0 Å². The van der Waals surface area contributed by atoms with Crippen molar-refractivity contribution in [1.82, 2.24) is 4.90 Å². The van der Waals surface area contributed by atoms with E-state index in [4.69, 9.17) is 5.73 Å². The Labute approximate surface area is 108 Å². The molecular formula is C13H21N3O2. The van der Waals surface area contributed by atoms with Gasteiger partial charge in [-0.05, 0) is 31.4 Å². The highest BCUT2D eigenvalue weighted by Crippen LogP contribution is 2.23. The molecule has 0 aromatic heterocycles. The molecule has 0 amide bonds. The molecule has 1 aliphatic heterocycles. The second-order valence-electron chi connectivity index (χ2n) is 4.72. The van der Waals surface area contributed by atoms with Crippen molar-refractivity contribution in [3.05, 3.63) is 46.3 Å². The summed E-state index contributed by atoms with van der Waals surface area (Å²) in [5.74, 6) is 0.437. The minimum Gasteiger partial charge on any atom is -0.364 e. The van der Waals surface area contributed by atoms with Crippen molar-refractivity contribution in [2.24, 2.45) is 11.7 Å². The van der Waals surface area contributed by atoms with Crippen LogP contribution in [0, 0.1) is 16.0 Å². The van der Waals surface area contributed by atoms with Gasteiger partial charge in [-0.15, -0.1) is 0 Å². The van der Waals surface area contributed by atoms with Gasteiger partial charge in [0.25, 0.3) is 5.70 Å². The highest BCUT2D eigenvalue weighted by Gasteiger charge is 2.28. The molecule has 0 aliphatic carbocycles. The Balaban J connectivity index is 3.02. The molecule has 18 heavy (non-hydrogen) atoms. The first-order chi connectivity index (χ1) is 8.49. The first-order valence-electron chi connectivity index (χ1n) is 6.13. The van der Waals surface area contributed by atoms with Crippen LogP contribution >= 0.6 is 0 Å². The summed E-state index contributed by atoms with van der Waals surface area (Å²) in [5.41, 5.74) is 6.69. The third kappa shape index (κ3) is 3.43. The fraction of sp³-hybridized carbons (Fsp3) is 0.538. The molecule has 0 saturated carbocycles. The smallest absolute Gasteiger partial charge is 0.288 e. The Morgan fingerprint density at radius 1 is 1.56 bits per heavy atom. The Hall–Kier alpha value is -1.62. The summed E-state index contributed by atoms with van der Waals surface area (Å²) in [4.78, 5) is 12.7. The lowest BCUT2D eigenvalue weighted by Crippen LogP contribution is -2.46. The molecule has 100 valence electrons. The lowest BCUT2D eigenvalue weighted by Gasteiger charge is -2.36. The van der Waals surface area contributed by atoms with Crippen molar-refractivity contribution in [3.63, 3.8) is 0 Å². The molecule has 2 N–H and O–H groups in total. The minimum atomic E-state index is -0.361. The van der Waals surface area contributed by atoms with Gasteiger partial charge in [0.15, 0.2) is 0 Å². The predicted molar refractivity (Wildman–Crippen MR) is 72.4 cm³/mol. The number of hydrogen-bond donors (Lipinski definition) is 1. The molecule has 5 heteroatoms. The largest absolute Gasteiger partial charge is 0.364 e. The van der Waals surface area contributed by atoms with E-state index in [-0.39, 0.29) is 16.7 Å². The molecule has 0 aromatic carbocycles. The van der Waals surface area contributed by atoms with Gasteiger partial charge in [0.2, 0.25) is 0 Å². The average Bonchev–Trinajstić information content (AvgIpc) is 2.27. The van der Waals surface area contributed by atoms with E-state index >= 15 is 0 Å². The van der Waals surface area contributed by atoms with E-state index in [0.717, 1.165) is 13.0 Å². The lowest BCUT2D eigenvalue weighted by molar-refractivity contribution is -0.422. The van der Waals surface area contributed by atoms with Crippen molar-refractivity contribution >= 4 is 0 Å². The third-order valence-corrected chi connectivity index (χ3v) is 3.04. The monoisotopic (exact) mass is 251 g/mol. The van der Waals surface area contributed by atoms with Gasteiger partial charge in [-0.3, -0.25) is 10.1 Å². The quantitative estimate of drug-likeness (QED) is 0.470. The van der Waals surface area contributed by atoms with Crippen LogP contribution in [0.1, 0.15) is 20.3 Å². The summed E-state index contributed by atoms with van der Waals surface area (Å²) in [5, 5.41) is 11.1. The normalized spacial score (nSPS) is 26.1. The fourth-order valence-electron chi connectivity index (χ4n) is 2.41. The van der Waals surface area contributed by atoms with Crippen LogP contribution in [0.5, 0.6) is 0 Å². The molecule has 1 rings (SSSR count). The van der Waals surface area contributed by atoms with E-state index < -0.39 is 0 Å². The first kappa shape index (κ1) is 14.4. The lowest BCUT2D eigenvalue weighted by atomic mass is 9.95. The molecule has 0 spiro atoms. The van der Waals surface area contributed by atoms with Crippen LogP contribution in [0.15, 0.2) is 36.2 Å². The van der Waals surface area contributed by atoms with E-state index in [2.05, 4.69) is 13.5 Å². The molecule has 0 bridgehead atoms. The van der Waals surface area contributed by atoms with Gasteiger partial charge < -0.3 is 10.6 Å². The number of nitro groups is 1. The molecule has 2 atom stereocenters. The summed E-state index contributed by atoms with van der Waals surface area (Å²) in [6.45, 7) is 8.84. The van der Waals surface area contributed by atoms with Crippen molar-refractivity contribution in [2.75, 3.05) is 13.1 Å². The number of allylic oxidation sites excluding steroid dienone is 3. The standard InChI is InChI=1S/C13H21N3O2/c1-4-6-13(12(5-2)16(17)18)15-8-10(3)7-11(14)9-15/h4-6,10-11H,1,7-9,14H2,2-3H3/b12-5+,13-6+. The summed E-state index contributed by atoms with van der Waals surface area (Å²) in [7, 11) is 0. The molecule has 5 nitrogen and oxygen atoms in total. The summed E-state index contributed by atoms with van der Waals surface area (Å²) in [6.07, 6.45) is 5.73. The maximum Gasteiger partial charge on any atom is 0.288 e. The van der Waals surface area contributed by atoms with E-state index in [1.54, 1.807) is 19.1 Å². The highest BCUT2D eigenvalue weighted by molar-refractivity contribution is 5.27. The summed E-state index contributed by atoms with van der Waals surface area (Å²) in [6, 6.07) is 0.0619. The number of nitrogens with two attached hydrogens (primary N) is 1. The zero-order chi connectivity index (χ0) is 13.7. The van der Waals surface area contributed by atoms with Crippen LogP contribution < -0.4 is 5.73 Å². The van der Waals surface area contributed by atoms with E-state index in [1.807, 2.05) is 4.90 Å². The van der Waals surface area contributed by atoms with Crippen LogP contribution in [0.2, 0.25) is 0 Å². The van der Waals surface area contributed by atoms with Gasteiger partial charge in [0.1, 0.15) is 5.70 Å². The number of likely N-dealkylation sites (tertiary alicyclic amines) is 1. The molecule has 0 aromatic rings. The van der Waals surface area contributed by atoms with E-state index in [0.29, 0.717) is 18.2 Å². The van der Waals surface area contributed by atoms with Gasteiger partial charge in [-0.2, -0.15) is 0 Å². The van der Waals surface area contributed by atoms with E-state index in [1.165, 1.54) is 6.08 Å². The second kappa shape index (κ2) is 6.35. The summed E-state index contributed by atoms with van der Waals surface area (Å²) >= 11 is 0. The van der Waals surface area contributed by atoms with Gasteiger partial charge in [-0.1, -0.05) is 19.6 Å². The Morgan fingerprint density at radius 2 is 2.22 bits per heavy atom. The van der Waals surface area contributed by atoms with Gasteiger partial charge in [0.05, 0.1) is 4.92 Å².